The number of nitrogen functional groups attached to an aromatic ring is 1. The lowest BCUT2D eigenvalue weighted by Gasteiger charge is -2.11. The van der Waals surface area contributed by atoms with Crippen molar-refractivity contribution in [3.05, 3.63) is 30.5 Å². The van der Waals surface area contributed by atoms with Gasteiger partial charge in [0.2, 0.25) is 0 Å². The number of nitriles is 1. The highest BCUT2D eigenvalue weighted by molar-refractivity contribution is 5.90. The van der Waals surface area contributed by atoms with Gasteiger partial charge in [-0.25, -0.2) is 0 Å². The lowest BCUT2D eigenvalue weighted by molar-refractivity contribution is 0.618. The molecular weight excluding hydrogens is 186 g/mol. The van der Waals surface area contributed by atoms with Crippen molar-refractivity contribution in [1.82, 2.24) is 4.57 Å². The van der Waals surface area contributed by atoms with Crippen molar-refractivity contribution < 1.29 is 0 Å². The third-order valence-corrected chi connectivity index (χ3v) is 2.64. The number of hydrogen-bond acceptors (Lipinski definition) is 2. The van der Waals surface area contributed by atoms with E-state index in [1.807, 2.05) is 42.0 Å². The summed E-state index contributed by atoms with van der Waals surface area (Å²) in [5.41, 5.74) is 7.61. The summed E-state index contributed by atoms with van der Waals surface area (Å²) in [6.07, 6.45) is 2.72. The fraction of sp³-hybridized carbons (Fsp3) is 0.250. The molecule has 1 aromatic heterocycles. The van der Waals surface area contributed by atoms with E-state index in [2.05, 4.69) is 6.07 Å². The predicted octanol–water partition coefficient (Wildman–Crippen LogP) is 2.70. The fourth-order valence-electron chi connectivity index (χ4n) is 1.86. The van der Waals surface area contributed by atoms with E-state index in [0.29, 0.717) is 0 Å². The molecule has 1 unspecified atom stereocenters. The van der Waals surface area contributed by atoms with Crippen molar-refractivity contribution in [2.45, 2.75) is 19.4 Å². The van der Waals surface area contributed by atoms with Crippen molar-refractivity contribution in [2.24, 2.45) is 0 Å². The monoisotopic (exact) mass is 199 g/mol. The van der Waals surface area contributed by atoms with Crippen LogP contribution in [-0.2, 0) is 0 Å². The highest BCUT2D eigenvalue weighted by Gasteiger charge is 2.11. The zero-order valence-electron chi connectivity index (χ0n) is 8.64. The molecule has 0 spiro atoms. The van der Waals surface area contributed by atoms with Crippen LogP contribution in [0.1, 0.15) is 19.4 Å². The van der Waals surface area contributed by atoms with Gasteiger partial charge < -0.3 is 10.3 Å². The maximum Gasteiger partial charge on any atom is 0.120 e. The van der Waals surface area contributed by atoms with Crippen LogP contribution in [0.25, 0.3) is 10.9 Å². The van der Waals surface area contributed by atoms with Crippen molar-refractivity contribution in [2.75, 3.05) is 5.73 Å². The number of benzene rings is 1. The SMILES string of the molecule is CCC(C#N)n1ccc2cccc(N)c21. The molecule has 0 aliphatic heterocycles. The van der Waals surface area contributed by atoms with Gasteiger partial charge in [0.05, 0.1) is 17.3 Å². The molecule has 76 valence electrons. The van der Waals surface area contributed by atoms with E-state index in [9.17, 15) is 0 Å². The summed E-state index contributed by atoms with van der Waals surface area (Å²) in [7, 11) is 0. The van der Waals surface area contributed by atoms with Crippen LogP contribution < -0.4 is 5.73 Å². The Morgan fingerprint density at radius 2 is 2.27 bits per heavy atom. The summed E-state index contributed by atoms with van der Waals surface area (Å²) in [5.74, 6) is 0. The van der Waals surface area contributed by atoms with Gasteiger partial charge in [-0.2, -0.15) is 5.26 Å². The summed E-state index contributed by atoms with van der Waals surface area (Å²) >= 11 is 0. The largest absolute Gasteiger partial charge is 0.397 e. The van der Waals surface area contributed by atoms with Gasteiger partial charge in [0.1, 0.15) is 6.04 Å². The van der Waals surface area contributed by atoms with Gasteiger partial charge in [0.25, 0.3) is 0 Å². The Morgan fingerprint density at radius 1 is 1.47 bits per heavy atom. The molecule has 0 aliphatic rings. The van der Waals surface area contributed by atoms with Crippen molar-refractivity contribution >= 4 is 16.6 Å². The second kappa shape index (κ2) is 3.66. The first-order chi connectivity index (χ1) is 7.27. The molecule has 2 N–H and O–H groups in total. The van der Waals surface area contributed by atoms with Crippen LogP contribution in [-0.4, -0.2) is 4.57 Å². The lowest BCUT2D eigenvalue weighted by atomic mass is 10.2. The van der Waals surface area contributed by atoms with Crippen LogP contribution in [0.5, 0.6) is 0 Å². The summed E-state index contributed by atoms with van der Waals surface area (Å²) in [4.78, 5) is 0. The zero-order valence-corrected chi connectivity index (χ0v) is 8.64. The van der Waals surface area contributed by atoms with Crippen LogP contribution in [0.3, 0.4) is 0 Å². The molecule has 0 fully saturated rings. The third-order valence-electron chi connectivity index (χ3n) is 2.64. The predicted molar refractivity (Wildman–Crippen MR) is 61.3 cm³/mol. The molecule has 1 aromatic carbocycles. The standard InChI is InChI=1S/C12H13N3/c1-2-10(8-13)15-7-6-9-4-3-5-11(14)12(9)15/h3-7,10H,2,14H2,1H3. The minimum absolute atomic E-state index is 0.132. The van der Waals surface area contributed by atoms with E-state index in [0.717, 1.165) is 23.0 Å². The van der Waals surface area contributed by atoms with E-state index in [1.54, 1.807) is 0 Å². The third kappa shape index (κ3) is 1.44. The van der Waals surface area contributed by atoms with Gasteiger partial charge >= 0.3 is 0 Å². The Balaban J connectivity index is 2.68. The van der Waals surface area contributed by atoms with Crippen LogP contribution in [0.15, 0.2) is 30.5 Å². The van der Waals surface area contributed by atoms with Crippen molar-refractivity contribution in [3.8, 4) is 6.07 Å². The van der Waals surface area contributed by atoms with Gasteiger partial charge in [-0.1, -0.05) is 19.1 Å². The molecule has 1 atom stereocenters. The first-order valence-corrected chi connectivity index (χ1v) is 5.02. The number of aromatic nitrogens is 1. The zero-order chi connectivity index (χ0) is 10.8. The highest BCUT2D eigenvalue weighted by atomic mass is 15.0. The Morgan fingerprint density at radius 3 is 2.93 bits per heavy atom. The first kappa shape index (κ1) is 9.60. The molecule has 0 saturated heterocycles. The Kier molecular flexibility index (Phi) is 2.34. The maximum absolute atomic E-state index is 9.04. The molecule has 0 radical (unpaired) electrons. The van der Waals surface area contributed by atoms with Gasteiger partial charge in [-0.15, -0.1) is 0 Å². The Bertz CT molecular complexity index is 519. The summed E-state index contributed by atoms with van der Waals surface area (Å²) in [5, 5.41) is 10.1. The molecule has 0 amide bonds. The first-order valence-electron chi connectivity index (χ1n) is 5.02. The average Bonchev–Trinajstić information content (AvgIpc) is 2.66. The van der Waals surface area contributed by atoms with Crippen molar-refractivity contribution in [1.29, 1.82) is 5.26 Å². The van der Waals surface area contributed by atoms with Gasteiger partial charge in [0, 0.05) is 11.6 Å². The molecular formula is C12H13N3. The number of rotatable bonds is 2. The smallest absolute Gasteiger partial charge is 0.120 e. The molecule has 0 aliphatic carbocycles. The van der Waals surface area contributed by atoms with Crippen LogP contribution >= 0.6 is 0 Å². The quantitative estimate of drug-likeness (QED) is 0.756. The molecule has 3 nitrogen and oxygen atoms in total. The van der Waals surface area contributed by atoms with Crippen LogP contribution in [0.4, 0.5) is 5.69 Å². The number of anilines is 1. The molecule has 0 bridgehead atoms. The number of fused-ring (bicyclic) bond motifs is 1. The van der Waals surface area contributed by atoms with Gasteiger partial charge in [0.15, 0.2) is 0 Å². The van der Waals surface area contributed by atoms with E-state index in [4.69, 9.17) is 11.0 Å². The minimum atomic E-state index is -0.132. The summed E-state index contributed by atoms with van der Waals surface area (Å²) in [6.45, 7) is 2.00. The molecule has 15 heavy (non-hydrogen) atoms. The summed E-state index contributed by atoms with van der Waals surface area (Å²) < 4.78 is 1.95. The normalized spacial score (nSPS) is 12.5. The maximum atomic E-state index is 9.04. The van der Waals surface area contributed by atoms with E-state index < -0.39 is 0 Å². The number of para-hydroxylation sites is 1. The van der Waals surface area contributed by atoms with Crippen LogP contribution in [0.2, 0.25) is 0 Å². The van der Waals surface area contributed by atoms with Gasteiger partial charge in [-0.05, 0) is 18.6 Å². The summed E-state index contributed by atoms with van der Waals surface area (Å²) in [6, 6.07) is 9.94. The Labute approximate surface area is 88.7 Å². The number of nitrogens with zero attached hydrogens (tertiary/aromatic N) is 2. The molecule has 0 saturated carbocycles. The van der Waals surface area contributed by atoms with E-state index in [-0.39, 0.29) is 6.04 Å². The topological polar surface area (TPSA) is 54.7 Å². The Hall–Kier alpha value is -1.95. The minimum Gasteiger partial charge on any atom is -0.397 e. The second-order valence-corrected chi connectivity index (χ2v) is 3.56. The molecule has 3 heteroatoms. The highest BCUT2D eigenvalue weighted by Crippen LogP contribution is 2.26. The second-order valence-electron chi connectivity index (χ2n) is 3.56. The number of hydrogen-bond donors (Lipinski definition) is 1. The van der Waals surface area contributed by atoms with E-state index in [1.165, 1.54) is 0 Å². The van der Waals surface area contributed by atoms with Gasteiger partial charge in [-0.3, -0.25) is 0 Å². The fourth-order valence-corrected chi connectivity index (χ4v) is 1.86. The lowest BCUT2D eigenvalue weighted by Crippen LogP contribution is -2.05. The molecule has 1 heterocycles. The molecule has 2 aromatic rings. The van der Waals surface area contributed by atoms with Crippen molar-refractivity contribution in [3.63, 3.8) is 0 Å². The average molecular weight is 199 g/mol. The number of nitrogens with two attached hydrogens (primary N) is 1. The molecule has 2 rings (SSSR count). The van der Waals surface area contributed by atoms with E-state index >= 15 is 0 Å². The van der Waals surface area contributed by atoms with Crippen LogP contribution in [0, 0.1) is 11.3 Å².